The SMILES string of the molecule is Cc1ccc(C(C)C)cc1N1CCc2nc(-c3cccc4[nH]cc(C=O)c34)nc(Cl)c2C1. The molecule has 0 aliphatic carbocycles. The zero-order chi connectivity index (χ0) is 22.4. The lowest BCUT2D eigenvalue weighted by Gasteiger charge is -2.32. The summed E-state index contributed by atoms with van der Waals surface area (Å²) < 4.78 is 0. The smallest absolute Gasteiger partial charge is 0.161 e. The van der Waals surface area contributed by atoms with E-state index < -0.39 is 0 Å². The van der Waals surface area contributed by atoms with Crippen LogP contribution in [-0.4, -0.2) is 27.8 Å². The van der Waals surface area contributed by atoms with Crippen molar-refractivity contribution in [2.45, 2.75) is 39.7 Å². The fraction of sp³-hybridized carbons (Fsp3) is 0.269. The summed E-state index contributed by atoms with van der Waals surface area (Å²) in [6.07, 6.45) is 3.36. The van der Waals surface area contributed by atoms with Gasteiger partial charge >= 0.3 is 0 Å². The van der Waals surface area contributed by atoms with E-state index >= 15 is 0 Å². The quantitative estimate of drug-likeness (QED) is 0.306. The number of hydrogen-bond donors (Lipinski definition) is 1. The van der Waals surface area contributed by atoms with E-state index in [1.165, 1.54) is 16.8 Å². The Balaban J connectivity index is 1.54. The molecule has 0 radical (unpaired) electrons. The fourth-order valence-electron chi connectivity index (χ4n) is 4.52. The number of benzene rings is 2. The highest BCUT2D eigenvalue weighted by Gasteiger charge is 2.24. The summed E-state index contributed by atoms with van der Waals surface area (Å²) in [5, 5.41) is 1.31. The highest BCUT2D eigenvalue weighted by atomic mass is 35.5. The molecule has 0 bridgehead atoms. The number of nitrogens with zero attached hydrogens (tertiary/aromatic N) is 3. The fourth-order valence-corrected chi connectivity index (χ4v) is 4.77. The number of carbonyl (C=O) groups excluding carboxylic acids is 1. The first-order chi connectivity index (χ1) is 15.5. The van der Waals surface area contributed by atoms with Gasteiger partial charge in [0.15, 0.2) is 12.1 Å². The van der Waals surface area contributed by atoms with Gasteiger partial charge in [0.2, 0.25) is 0 Å². The maximum absolute atomic E-state index is 11.5. The second-order valence-electron chi connectivity index (χ2n) is 8.73. The van der Waals surface area contributed by atoms with E-state index in [0.717, 1.165) is 47.0 Å². The Hall–Kier alpha value is -3.18. The van der Waals surface area contributed by atoms with Crippen LogP contribution in [0.2, 0.25) is 5.15 Å². The van der Waals surface area contributed by atoms with Gasteiger partial charge in [0.1, 0.15) is 5.15 Å². The largest absolute Gasteiger partial charge is 0.366 e. The van der Waals surface area contributed by atoms with Crippen molar-refractivity contribution in [2.75, 3.05) is 11.4 Å². The molecular weight excluding hydrogens is 420 g/mol. The van der Waals surface area contributed by atoms with Gasteiger partial charge in [0, 0.05) is 59.0 Å². The van der Waals surface area contributed by atoms with Crippen LogP contribution in [0.15, 0.2) is 42.6 Å². The van der Waals surface area contributed by atoms with Gasteiger partial charge in [-0.1, -0.05) is 49.7 Å². The molecule has 0 fully saturated rings. The van der Waals surface area contributed by atoms with Crippen LogP contribution in [-0.2, 0) is 13.0 Å². The molecule has 1 aliphatic heterocycles. The Kier molecular flexibility index (Phi) is 5.22. The number of aryl methyl sites for hydroxylation is 1. The van der Waals surface area contributed by atoms with Crippen molar-refractivity contribution in [2.24, 2.45) is 0 Å². The first-order valence-electron chi connectivity index (χ1n) is 10.9. The zero-order valence-corrected chi connectivity index (χ0v) is 19.2. The lowest BCUT2D eigenvalue weighted by Crippen LogP contribution is -2.32. The standard InChI is InChI=1S/C26H25ClN4O/c1-15(2)17-8-7-16(3)23(11-17)31-10-9-21-20(13-31)25(27)30-26(29-21)19-5-4-6-22-24(19)18(14-32)12-28-22/h4-8,11-12,14-15,28H,9-10,13H2,1-3H3. The Morgan fingerprint density at radius 3 is 2.81 bits per heavy atom. The predicted molar refractivity (Wildman–Crippen MR) is 130 cm³/mol. The van der Waals surface area contributed by atoms with Crippen LogP contribution in [0.5, 0.6) is 0 Å². The van der Waals surface area contributed by atoms with Gasteiger partial charge in [0.25, 0.3) is 0 Å². The van der Waals surface area contributed by atoms with E-state index in [-0.39, 0.29) is 0 Å². The lowest BCUT2D eigenvalue weighted by atomic mass is 9.98. The van der Waals surface area contributed by atoms with E-state index in [0.29, 0.717) is 29.0 Å². The maximum atomic E-state index is 11.5. The Bertz CT molecular complexity index is 1340. The minimum absolute atomic E-state index is 0.479. The number of fused-ring (bicyclic) bond motifs is 2. The average Bonchev–Trinajstić information content (AvgIpc) is 3.22. The summed E-state index contributed by atoms with van der Waals surface area (Å²) in [5.74, 6) is 1.04. The number of anilines is 1. The molecule has 1 N–H and O–H groups in total. The Morgan fingerprint density at radius 2 is 2.03 bits per heavy atom. The van der Waals surface area contributed by atoms with Crippen LogP contribution in [0.3, 0.4) is 0 Å². The molecule has 5 rings (SSSR count). The summed E-state index contributed by atoms with van der Waals surface area (Å²) in [7, 11) is 0. The Morgan fingerprint density at radius 1 is 1.19 bits per heavy atom. The number of rotatable bonds is 4. The van der Waals surface area contributed by atoms with Gasteiger partial charge in [-0.15, -0.1) is 0 Å². The minimum Gasteiger partial charge on any atom is -0.366 e. The van der Waals surface area contributed by atoms with Gasteiger partial charge in [-0.05, 0) is 36.1 Å². The minimum atomic E-state index is 0.479. The molecule has 0 saturated carbocycles. The summed E-state index contributed by atoms with van der Waals surface area (Å²) in [4.78, 5) is 26.6. The highest BCUT2D eigenvalue weighted by molar-refractivity contribution is 6.30. The molecule has 162 valence electrons. The third-order valence-corrected chi connectivity index (χ3v) is 6.67. The average molecular weight is 445 g/mol. The molecular formula is C26H25ClN4O. The van der Waals surface area contributed by atoms with E-state index in [1.54, 1.807) is 6.20 Å². The molecule has 5 nitrogen and oxygen atoms in total. The lowest BCUT2D eigenvalue weighted by molar-refractivity contribution is 0.112. The van der Waals surface area contributed by atoms with Gasteiger partial charge in [0.05, 0.1) is 5.69 Å². The van der Waals surface area contributed by atoms with Gasteiger partial charge in [-0.2, -0.15) is 0 Å². The van der Waals surface area contributed by atoms with Crippen molar-refractivity contribution < 1.29 is 4.79 Å². The highest BCUT2D eigenvalue weighted by Crippen LogP contribution is 2.34. The number of nitrogens with one attached hydrogen (secondary N) is 1. The van der Waals surface area contributed by atoms with Crippen LogP contribution in [0.25, 0.3) is 22.3 Å². The van der Waals surface area contributed by atoms with Crippen LogP contribution in [0, 0.1) is 6.92 Å². The number of aldehydes is 1. The molecule has 32 heavy (non-hydrogen) atoms. The van der Waals surface area contributed by atoms with E-state index in [1.807, 2.05) is 18.2 Å². The van der Waals surface area contributed by atoms with Gasteiger partial charge < -0.3 is 9.88 Å². The van der Waals surface area contributed by atoms with Gasteiger partial charge in [-0.25, -0.2) is 9.97 Å². The molecule has 0 spiro atoms. The third kappa shape index (κ3) is 3.47. The maximum Gasteiger partial charge on any atom is 0.161 e. The molecule has 0 unspecified atom stereocenters. The van der Waals surface area contributed by atoms with E-state index in [2.05, 4.69) is 53.8 Å². The monoisotopic (exact) mass is 444 g/mol. The number of H-pyrrole nitrogens is 1. The third-order valence-electron chi connectivity index (χ3n) is 6.35. The molecule has 1 aliphatic rings. The zero-order valence-electron chi connectivity index (χ0n) is 18.4. The van der Waals surface area contributed by atoms with Crippen molar-refractivity contribution in [1.82, 2.24) is 15.0 Å². The van der Waals surface area contributed by atoms with Crippen molar-refractivity contribution >= 4 is 34.5 Å². The second-order valence-corrected chi connectivity index (χ2v) is 9.08. The number of hydrogen-bond acceptors (Lipinski definition) is 4. The van der Waals surface area contributed by atoms with E-state index in [4.69, 9.17) is 16.6 Å². The van der Waals surface area contributed by atoms with Crippen molar-refractivity contribution in [3.63, 3.8) is 0 Å². The van der Waals surface area contributed by atoms with Crippen molar-refractivity contribution in [1.29, 1.82) is 0 Å². The molecule has 0 atom stereocenters. The Labute approximate surface area is 192 Å². The summed E-state index contributed by atoms with van der Waals surface area (Å²) >= 11 is 6.72. The second kappa shape index (κ2) is 8.06. The number of aromatic nitrogens is 3. The number of aromatic amines is 1. The predicted octanol–water partition coefficient (Wildman–Crippen LogP) is 6.09. The molecule has 2 aromatic heterocycles. The first kappa shape index (κ1) is 20.7. The first-order valence-corrected chi connectivity index (χ1v) is 11.3. The molecule has 3 heterocycles. The summed E-state index contributed by atoms with van der Waals surface area (Å²) in [6.45, 7) is 8.14. The van der Waals surface area contributed by atoms with Gasteiger partial charge in [-0.3, -0.25) is 4.79 Å². The molecule has 4 aromatic rings. The van der Waals surface area contributed by atoms with Crippen LogP contribution >= 0.6 is 11.6 Å². The molecule has 0 amide bonds. The summed E-state index contributed by atoms with van der Waals surface area (Å²) in [6, 6.07) is 12.5. The van der Waals surface area contributed by atoms with Crippen LogP contribution in [0.1, 0.15) is 52.5 Å². The molecule has 0 saturated heterocycles. The van der Waals surface area contributed by atoms with E-state index in [9.17, 15) is 4.79 Å². The van der Waals surface area contributed by atoms with Crippen LogP contribution < -0.4 is 4.90 Å². The topological polar surface area (TPSA) is 61.9 Å². The number of halogens is 1. The number of carbonyl (C=O) groups is 1. The molecule has 6 heteroatoms. The van der Waals surface area contributed by atoms with Crippen molar-refractivity contribution in [3.8, 4) is 11.4 Å². The van der Waals surface area contributed by atoms with Crippen LogP contribution in [0.4, 0.5) is 5.69 Å². The normalized spacial score (nSPS) is 13.6. The van der Waals surface area contributed by atoms with Crippen molar-refractivity contribution in [3.05, 3.63) is 75.7 Å². The summed E-state index contributed by atoms with van der Waals surface area (Å²) in [5.41, 5.74) is 8.09. The molecule has 2 aromatic carbocycles.